The summed E-state index contributed by atoms with van der Waals surface area (Å²) in [6.07, 6.45) is 2.92. The van der Waals surface area contributed by atoms with Gasteiger partial charge in [-0.05, 0) is 85.1 Å². The maximum Gasteiger partial charge on any atom is 0.167 e. The molecule has 0 spiro atoms. The molecular weight excluding hydrogens is 520 g/mol. The SMILES string of the molecule is Cc1ccc(CCCN[C@@H](C)c2cc(OCN=[N+]=[N-])cc(C(CCN(N)Cc3ccccc3)c3ccccc3)c2)cc1. The van der Waals surface area contributed by atoms with Crippen LogP contribution in [0.25, 0.3) is 10.4 Å². The number of azide groups is 1. The van der Waals surface area contributed by atoms with E-state index in [1.165, 1.54) is 22.3 Å². The van der Waals surface area contributed by atoms with Gasteiger partial charge in [0.15, 0.2) is 6.73 Å². The lowest BCUT2D eigenvalue weighted by Gasteiger charge is -2.24. The van der Waals surface area contributed by atoms with Gasteiger partial charge in [0, 0.05) is 30.0 Å². The average molecular weight is 563 g/mol. The second-order valence-electron chi connectivity index (χ2n) is 10.8. The second-order valence-corrected chi connectivity index (χ2v) is 10.8. The highest BCUT2D eigenvalue weighted by Crippen LogP contribution is 2.33. The van der Waals surface area contributed by atoms with Crippen LogP contribution in [0.1, 0.15) is 65.1 Å². The van der Waals surface area contributed by atoms with Crippen molar-refractivity contribution < 1.29 is 4.74 Å². The van der Waals surface area contributed by atoms with Crippen molar-refractivity contribution in [2.45, 2.75) is 51.6 Å². The van der Waals surface area contributed by atoms with Crippen molar-refractivity contribution in [3.63, 3.8) is 0 Å². The van der Waals surface area contributed by atoms with Crippen molar-refractivity contribution in [2.24, 2.45) is 11.0 Å². The topological polar surface area (TPSA) is 99.3 Å². The smallest absolute Gasteiger partial charge is 0.167 e. The Morgan fingerprint density at radius 1 is 0.881 bits per heavy atom. The Labute approximate surface area is 249 Å². The zero-order chi connectivity index (χ0) is 29.6. The molecule has 7 heteroatoms. The molecule has 42 heavy (non-hydrogen) atoms. The number of ether oxygens (including phenoxy) is 1. The Hall–Kier alpha value is -4.13. The molecule has 0 fully saturated rings. The summed E-state index contributed by atoms with van der Waals surface area (Å²) in [5.74, 6) is 7.28. The Morgan fingerprint density at radius 3 is 2.29 bits per heavy atom. The highest BCUT2D eigenvalue weighted by Gasteiger charge is 2.19. The Kier molecular flexibility index (Phi) is 12.0. The maximum atomic E-state index is 8.77. The van der Waals surface area contributed by atoms with E-state index >= 15 is 0 Å². The normalized spacial score (nSPS) is 12.5. The molecule has 0 saturated heterocycles. The zero-order valence-electron chi connectivity index (χ0n) is 24.7. The van der Waals surface area contributed by atoms with Gasteiger partial charge >= 0.3 is 0 Å². The summed E-state index contributed by atoms with van der Waals surface area (Å²) in [6, 6.07) is 36.1. The molecule has 0 aliphatic carbocycles. The number of rotatable bonds is 16. The van der Waals surface area contributed by atoms with Crippen LogP contribution < -0.4 is 15.9 Å². The van der Waals surface area contributed by atoms with Gasteiger partial charge in [0.2, 0.25) is 0 Å². The van der Waals surface area contributed by atoms with E-state index < -0.39 is 0 Å². The van der Waals surface area contributed by atoms with Gasteiger partial charge in [0.25, 0.3) is 0 Å². The molecule has 4 aromatic carbocycles. The second kappa shape index (κ2) is 16.3. The van der Waals surface area contributed by atoms with Crippen LogP contribution in [0.5, 0.6) is 5.75 Å². The molecule has 0 aliphatic rings. The number of hydrogen-bond donors (Lipinski definition) is 2. The summed E-state index contributed by atoms with van der Waals surface area (Å²) in [5.41, 5.74) is 16.1. The van der Waals surface area contributed by atoms with Crippen molar-refractivity contribution in [3.05, 3.63) is 147 Å². The number of nitrogens with one attached hydrogen (secondary N) is 1. The fourth-order valence-corrected chi connectivity index (χ4v) is 5.20. The van der Waals surface area contributed by atoms with Gasteiger partial charge in [-0.25, -0.2) is 5.01 Å². The van der Waals surface area contributed by atoms with Gasteiger partial charge in [-0.2, -0.15) is 0 Å². The molecule has 4 aromatic rings. The molecule has 0 radical (unpaired) electrons. The molecule has 218 valence electrons. The Balaban J connectivity index is 1.51. The van der Waals surface area contributed by atoms with Crippen LogP contribution in [0.2, 0.25) is 0 Å². The van der Waals surface area contributed by atoms with E-state index in [-0.39, 0.29) is 18.7 Å². The number of hydrazine groups is 1. The molecule has 0 aliphatic heterocycles. The Morgan fingerprint density at radius 2 is 1.57 bits per heavy atom. The molecule has 0 heterocycles. The van der Waals surface area contributed by atoms with E-state index in [1.54, 1.807) is 0 Å². The highest BCUT2D eigenvalue weighted by atomic mass is 16.5. The van der Waals surface area contributed by atoms with Crippen LogP contribution in [-0.4, -0.2) is 24.8 Å². The predicted molar refractivity (Wildman–Crippen MR) is 171 cm³/mol. The minimum atomic E-state index is -0.0542. The lowest BCUT2D eigenvalue weighted by molar-refractivity contribution is 0.266. The van der Waals surface area contributed by atoms with E-state index in [0.29, 0.717) is 12.3 Å². The zero-order valence-corrected chi connectivity index (χ0v) is 24.7. The summed E-state index contributed by atoms with van der Waals surface area (Å²) in [6.45, 7) is 6.55. The fourth-order valence-electron chi connectivity index (χ4n) is 5.20. The first-order valence-corrected chi connectivity index (χ1v) is 14.7. The molecule has 7 nitrogen and oxygen atoms in total. The quantitative estimate of drug-likeness (QED) is 0.0363. The molecule has 0 aromatic heterocycles. The standard InChI is InChI=1S/C35H42N6O/c1-27-15-17-29(18-16-27)12-9-20-38-28(2)32-22-33(24-34(23-32)42-26-39-40-36)35(31-13-7-4-8-14-31)19-21-41(37)25-30-10-5-3-6-11-30/h3-8,10-11,13-18,22-24,28,35,38H,9,12,19-21,25-26,37H2,1-2H3/t28-,35?/m0/s1. The van der Waals surface area contributed by atoms with Gasteiger partial charge in [0.05, 0.1) is 0 Å². The minimum absolute atomic E-state index is 0.0542. The van der Waals surface area contributed by atoms with Crippen molar-refractivity contribution in [2.75, 3.05) is 19.8 Å². The number of aryl methyl sites for hydroxylation is 2. The molecule has 3 N–H and O–H groups in total. The first-order valence-electron chi connectivity index (χ1n) is 14.7. The largest absolute Gasteiger partial charge is 0.488 e. The molecule has 4 rings (SSSR count). The lowest BCUT2D eigenvalue weighted by atomic mass is 9.86. The third-order valence-electron chi connectivity index (χ3n) is 7.55. The Bertz CT molecular complexity index is 1400. The van der Waals surface area contributed by atoms with E-state index in [4.69, 9.17) is 16.1 Å². The van der Waals surface area contributed by atoms with E-state index in [0.717, 1.165) is 43.5 Å². The van der Waals surface area contributed by atoms with Crippen molar-refractivity contribution in [1.29, 1.82) is 0 Å². The molecule has 0 amide bonds. The molecule has 1 unspecified atom stereocenters. The van der Waals surface area contributed by atoms with Crippen LogP contribution in [0.4, 0.5) is 0 Å². The lowest BCUT2D eigenvalue weighted by Crippen LogP contribution is -2.32. The van der Waals surface area contributed by atoms with E-state index in [2.05, 4.69) is 102 Å². The van der Waals surface area contributed by atoms with Crippen LogP contribution >= 0.6 is 0 Å². The summed E-state index contributed by atoms with van der Waals surface area (Å²) < 4.78 is 5.88. The van der Waals surface area contributed by atoms with E-state index in [1.807, 2.05) is 35.3 Å². The number of nitrogens with two attached hydrogens (primary N) is 1. The third kappa shape index (κ3) is 9.75. The highest BCUT2D eigenvalue weighted by molar-refractivity contribution is 5.42. The van der Waals surface area contributed by atoms with Gasteiger partial charge in [-0.3, -0.25) is 5.84 Å². The summed E-state index contributed by atoms with van der Waals surface area (Å²) in [7, 11) is 0. The van der Waals surface area contributed by atoms with Crippen LogP contribution in [0.15, 0.2) is 108 Å². The molecule has 0 bridgehead atoms. The molecule has 2 atom stereocenters. The van der Waals surface area contributed by atoms with Crippen LogP contribution in [0.3, 0.4) is 0 Å². The van der Waals surface area contributed by atoms with Crippen LogP contribution in [-0.2, 0) is 13.0 Å². The predicted octanol–water partition coefficient (Wildman–Crippen LogP) is 7.82. The first-order chi connectivity index (χ1) is 20.5. The first kappa shape index (κ1) is 30.8. The summed E-state index contributed by atoms with van der Waals surface area (Å²) >= 11 is 0. The van der Waals surface area contributed by atoms with Crippen LogP contribution in [0, 0.1) is 6.92 Å². The number of benzene rings is 4. The van der Waals surface area contributed by atoms with Gasteiger partial charge in [-0.15, -0.1) is 0 Å². The summed E-state index contributed by atoms with van der Waals surface area (Å²) in [5, 5.41) is 9.16. The van der Waals surface area contributed by atoms with Crippen molar-refractivity contribution >= 4 is 0 Å². The minimum Gasteiger partial charge on any atom is -0.488 e. The monoisotopic (exact) mass is 562 g/mol. The molecule has 0 saturated carbocycles. The van der Waals surface area contributed by atoms with Gasteiger partial charge < -0.3 is 10.1 Å². The third-order valence-corrected chi connectivity index (χ3v) is 7.55. The number of nitrogens with zero attached hydrogens (tertiary/aromatic N) is 4. The summed E-state index contributed by atoms with van der Waals surface area (Å²) in [4.78, 5) is 2.84. The maximum absolute atomic E-state index is 8.77. The number of hydrogen-bond acceptors (Lipinski definition) is 5. The fraction of sp³-hybridized carbons (Fsp3) is 0.314. The van der Waals surface area contributed by atoms with Gasteiger partial charge in [-0.1, -0.05) is 102 Å². The van der Waals surface area contributed by atoms with Crippen molar-refractivity contribution in [1.82, 2.24) is 10.3 Å². The molecular formula is C35H42N6O. The van der Waals surface area contributed by atoms with Gasteiger partial charge in [0.1, 0.15) is 5.75 Å². The van der Waals surface area contributed by atoms with Crippen molar-refractivity contribution in [3.8, 4) is 5.75 Å². The van der Waals surface area contributed by atoms with E-state index in [9.17, 15) is 0 Å². The average Bonchev–Trinajstić information content (AvgIpc) is 3.01.